The van der Waals surface area contributed by atoms with E-state index in [2.05, 4.69) is 5.32 Å². The van der Waals surface area contributed by atoms with Crippen molar-refractivity contribution in [1.82, 2.24) is 5.32 Å². The van der Waals surface area contributed by atoms with E-state index < -0.39 is 7.82 Å². The lowest BCUT2D eigenvalue weighted by atomic mass is 9.93. The van der Waals surface area contributed by atoms with Gasteiger partial charge >= 0.3 is 7.82 Å². The van der Waals surface area contributed by atoms with E-state index in [9.17, 15) is 14.4 Å². The van der Waals surface area contributed by atoms with Crippen molar-refractivity contribution in [3.63, 3.8) is 0 Å². The average molecular weight is 423 g/mol. The van der Waals surface area contributed by atoms with Crippen molar-refractivity contribution in [2.45, 2.75) is 25.8 Å². The van der Waals surface area contributed by atoms with E-state index in [0.717, 1.165) is 41.6 Å². The second-order valence-electron chi connectivity index (χ2n) is 6.66. The van der Waals surface area contributed by atoms with Crippen LogP contribution in [0.25, 0.3) is 11.1 Å². The van der Waals surface area contributed by atoms with Gasteiger partial charge in [0.1, 0.15) is 5.75 Å². The van der Waals surface area contributed by atoms with Gasteiger partial charge in [-0.25, -0.2) is 4.57 Å². The molecule has 0 bridgehead atoms. The van der Waals surface area contributed by atoms with Gasteiger partial charge in [-0.1, -0.05) is 13.0 Å². The molecule has 3 rings (SSSR count). The van der Waals surface area contributed by atoms with Crippen LogP contribution in [0.15, 0.2) is 24.3 Å². The monoisotopic (exact) mass is 423 g/mol. The Bertz CT molecular complexity index is 941. The Morgan fingerprint density at radius 2 is 1.83 bits per heavy atom. The number of phosphoric acid groups is 1. The summed E-state index contributed by atoms with van der Waals surface area (Å²) in [6, 6.07) is 6.95. The van der Waals surface area contributed by atoms with Gasteiger partial charge in [-0.3, -0.25) is 9.79 Å². The molecule has 0 unspecified atom stereocenters. The van der Waals surface area contributed by atoms with Gasteiger partial charge in [0.2, 0.25) is 5.75 Å². The zero-order valence-corrected chi connectivity index (χ0v) is 17.8. The molecule has 0 radical (unpaired) electrons. The molecule has 8 nitrogen and oxygen atoms in total. The third-order valence-corrected chi connectivity index (χ3v) is 5.41. The Kier molecular flexibility index (Phi) is 6.39. The number of methoxy groups -OCH3 is 3. The summed E-state index contributed by atoms with van der Waals surface area (Å²) in [6.45, 7) is 2.76. The van der Waals surface area contributed by atoms with Crippen LogP contribution in [0.5, 0.6) is 23.0 Å². The molecule has 3 N–H and O–H groups in total. The molecule has 1 aliphatic carbocycles. The molecule has 2 aromatic rings. The van der Waals surface area contributed by atoms with E-state index in [1.54, 1.807) is 39.5 Å². The Labute approximate surface area is 170 Å². The van der Waals surface area contributed by atoms with Gasteiger partial charge < -0.3 is 24.1 Å². The van der Waals surface area contributed by atoms with Crippen LogP contribution in [-0.4, -0.2) is 37.7 Å². The summed E-state index contributed by atoms with van der Waals surface area (Å²) in [6.07, 6.45) is 1.54. The molecular formula is C20H26NO7P. The first-order valence-corrected chi connectivity index (χ1v) is 10.8. The number of ether oxygens (including phenoxy) is 3. The maximum atomic E-state index is 11.3. The van der Waals surface area contributed by atoms with Crippen LogP contribution in [0.1, 0.15) is 30.5 Å². The first kappa shape index (κ1) is 21.5. The molecular weight excluding hydrogens is 397 g/mol. The molecule has 29 heavy (non-hydrogen) atoms. The van der Waals surface area contributed by atoms with Crippen LogP contribution in [0, 0.1) is 0 Å². The van der Waals surface area contributed by atoms with E-state index in [4.69, 9.17) is 18.7 Å². The first-order valence-electron chi connectivity index (χ1n) is 9.27. The van der Waals surface area contributed by atoms with Crippen molar-refractivity contribution in [3.05, 3.63) is 35.4 Å². The highest BCUT2D eigenvalue weighted by molar-refractivity contribution is 7.46. The minimum atomic E-state index is -4.66. The van der Waals surface area contributed by atoms with Gasteiger partial charge in [-0.2, -0.15) is 0 Å². The predicted molar refractivity (Wildman–Crippen MR) is 109 cm³/mol. The molecule has 0 fully saturated rings. The van der Waals surface area contributed by atoms with Crippen molar-refractivity contribution < 1.29 is 33.1 Å². The zero-order chi connectivity index (χ0) is 21.2. The zero-order valence-electron chi connectivity index (χ0n) is 16.9. The van der Waals surface area contributed by atoms with E-state index in [1.165, 1.54) is 0 Å². The number of hydrogen-bond donors (Lipinski definition) is 3. The summed E-state index contributed by atoms with van der Waals surface area (Å²) >= 11 is 0. The minimum absolute atomic E-state index is 0.0237. The standard InChI is InChI=1S/C20H26NO7P/c1-5-21-16-9-6-12-10-17(25-2)19(26-3)20(27-4)18(12)14-8-7-13(11-15(14)16)28-29(22,23)24/h7-8,10-11,16,21H,5-6,9H2,1-4H3,(H2,22,23,24)/t16-/m0/s1. The lowest BCUT2D eigenvalue weighted by Gasteiger charge is -2.21. The number of hydrogen-bond acceptors (Lipinski definition) is 6. The summed E-state index contributed by atoms with van der Waals surface area (Å²) in [7, 11) is 0.0657. The van der Waals surface area contributed by atoms with E-state index in [0.29, 0.717) is 17.2 Å². The molecule has 1 aliphatic rings. The molecule has 9 heteroatoms. The number of aryl methyl sites for hydroxylation is 1. The lowest BCUT2D eigenvalue weighted by Crippen LogP contribution is -2.21. The summed E-state index contributed by atoms with van der Waals surface area (Å²) in [5, 5.41) is 3.45. The van der Waals surface area contributed by atoms with Crippen molar-refractivity contribution in [2.75, 3.05) is 27.9 Å². The fraction of sp³-hybridized carbons (Fsp3) is 0.400. The fourth-order valence-electron chi connectivity index (χ4n) is 3.86. The van der Waals surface area contributed by atoms with Gasteiger partial charge in [0.05, 0.1) is 21.3 Å². The average Bonchev–Trinajstić information content (AvgIpc) is 2.82. The number of phosphoric ester groups is 1. The fourth-order valence-corrected chi connectivity index (χ4v) is 4.25. The quantitative estimate of drug-likeness (QED) is 0.582. The number of fused-ring (bicyclic) bond motifs is 3. The second kappa shape index (κ2) is 8.63. The molecule has 0 aromatic heterocycles. The highest BCUT2D eigenvalue weighted by atomic mass is 31.2. The van der Waals surface area contributed by atoms with Gasteiger partial charge in [-0.15, -0.1) is 0 Å². The van der Waals surface area contributed by atoms with Crippen molar-refractivity contribution in [1.29, 1.82) is 0 Å². The molecule has 0 spiro atoms. The normalized spacial score (nSPS) is 15.7. The second-order valence-corrected chi connectivity index (χ2v) is 7.82. The lowest BCUT2D eigenvalue weighted by molar-refractivity contribution is 0.283. The maximum absolute atomic E-state index is 11.3. The van der Waals surface area contributed by atoms with Gasteiger partial charge in [0.15, 0.2) is 11.5 Å². The van der Waals surface area contributed by atoms with Crippen LogP contribution in [0.2, 0.25) is 0 Å². The predicted octanol–water partition coefficient (Wildman–Crippen LogP) is 3.45. The van der Waals surface area contributed by atoms with E-state index >= 15 is 0 Å². The Hall–Kier alpha value is -2.25. The van der Waals surface area contributed by atoms with Gasteiger partial charge in [0.25, 0.3) is 0 Å². The van der Waals surface area contributed by atoms with E-state index in [-0.39, 0.29) is 11.8 Å². The smallest absolute Gasteiger partial charge is 0.493 e. The largest absolute Gasteiger partial charge is 0.524 e. The molecule has 158 valence electrons. The van der Waals surface area contributed by atoms with Crippen molar-refractivity contribution in [2.24, 2.45) is 0 Å². The van der Waals surface area contributed by atoms with Crippen LogP contribution >= 0.6 is 7.82 Å². The summed E-state index contributed by atoms with van der Waals surface area (Å²) in [5.74, 6) is 1.76. The van der Waals surface area contributed by atoms with Crippen molar-refractivity contribution >= 4 is 7.82 Å². The van der Waals surface area contributed by atoms with Crippen LogP contribution in [-0.2, 0) is 11.0 Å². The first-order chi connectivity index (χ1) is 13.8. The van der Waals surface area contributed by atoms with Gasteiger partial charge in [-0.05, 0) is 54.3 Å². The topological polar surface area (TPSA) is 106 Å². The highest BCUT2D eigenvalue weighted by Gasteiger charge is 2.29. The number of rotatable bonds is 7. The molecule has 0 heterocycles. The van der Waals surface area contributed by atoms with Crippen LogP contribution in [0.3, 0.4) is 0 Å². The molecule has 0 amide bonds. The summed E-state index contributed by atoms with van der Waals surface area (Å²) < 4.78 is 32.9. The van der Waals surface area contributed by atoms with Gasteiger partial charge in [0, 0.05) is 11.6 Å². The maximum Gasteiger partial charge on any atom is 0.524 e. The van der Waals surface area contributed by atoms with Crippen LogP contribution < -0.4 is 24.1 Å². The Morgan fingerprint density at radius 1 is 1.10 bits per heavy atom. The third-order valence-electron chi connectivity index (χ3n) is 4.96. The molecule has 2 aromatic carbocycles. The van der Waals surface area contributed by atoms with Crippen LogP contribution in [0.4, 0.5) is 0 Å². The minimum Gasteiger partial charge on any atom is -0.493 e. The molecule has 1 atom stereocenters. The Balaban J connectivity index is 2.27. The Morgan fingerprint density at radius 3 is 2.41 bits per heavy atom. The number of nitrogens with one attached hydrogen (secondary N) is 1. The third kappa shape index (κ3) is 4.36. The summed E-state index contributed by atoms with van der Waals surface area (Å²) in [5.41, 5.74) is 3.69. The molecule has 0 saturated carbocycles. The number of benzene rings is 2. The SMILES string of the molecule is CCN[C@H]1CCc2cc(OC)c(OC)c(OC)c2-c2ccc(OP(=O)(O)O)cc21. The molecule has 0 aliphatic heterocycles. The highest BCUT2D eigenvalue weighted by Crippen LogP contribution is 2.51. The summed E-state index contributed by atoms with van der Waals surface area (Å²) in [4.78, 5) is 18.4. The van der Waals surface area contributed by atoms with Crippen molar-refractivity contribution in [3.8, 4) is 34.1 Å². The molecule has 0 saturated heterocycles. The van der Waals surface area contributed by atoms with E-state index in [1.807, 2.05) is 13.0 Å².